The normalized spacial score (nSPS) is 20.9. The Morgan fingerprint density at radius 2 is 1.85 bits per heavy atom. The predicted molar refractivity (Wildman–Crippen MR) is 134 cm³/mol. The van der Waals surface area contributed by atoms with Crippen LogP contribution in [0.2, 0.25) is 0 Å². The second-order valence-corrected chi connectivity index (χ2v) is 10.3. The van der Waals surface area contributed by atoms with E-state index >= 15 is 0 Å². The Morgan fingerprint density at radius 3 is 2.47 bits per heavy atom. The standard InChI is InChI=1S/C28H39N3O3/c1-18(2)13-23-8-7-22(15-29-23)28(32)31-17-24-14-25(31)16-30(24)21(5)26-9-10-27(20(4)19(26)3)34-12-11-33-6/h7-10,15,18,21,24-25H,11-14,16-17H2,1-6H3/t21-,24+,25+/m0/s1. The number of carbonyl (C=O) groups is 1. The van der Waals surface area contributed by atoms with E-state index in [1.165, 1.54) is 16.7 Å². The van der Waals surface area contributed by atoms with E-state index in [0.29, 0.717) is 36.8 Å². The molecule has 2 aromatic rings. The molecule has 1 aromatic carbocycles. The Morgan fingerprint density at radius 1 is 1.06 bits per heavy atom. The van der Waals surface area contributed by atoms with Gasteiger partial charge in [-0.25, -0.2) is 0 Å². The molecule has 0 aliphatic carbocycles. The number of carbonyl (C=O) groups excluding carboxylic acids is 1. The molecule has 2 aliphatic heterocycles. The molecule has 0 saturated carbocycles. The number of pyridine rings is 1. The maximum atomic E-state index is 13.2. The molecule has 0 unspecified atom stereocenters. The number of likely N-dealkylation sites (tertiary alicyclic amines) is 2. The molecule has 0 N–H and O–H groups in total. The summed E-state index contributed by atoms with van der Waals surface area (Å²) in [6, 6.07) is 9.21. The van der Waals surface area contributed by atoms with E-state index in [-0.39, 0.29) is 11.9 Å². The Labute approximate surface area is 204 Å². The van der Waals surface area contributed by atoms with Gasteiger partial charge in [-0.1, -0.05) is 19.9 Å². The molecule has 1 amide bonds. The molecule has 2 aliphatic rings. The van der Waals surface area contributed by atoms with Crippen molar-refractivity contribution >= 4 is 5.91 Å². The van der Waals surface area contributed by atoms with E-state index in [2.05, 4.69) is 61.5 Å². The first kappa shape index (κ1) is 24.7. The number of ether oxygens (including phenoxy) is 2. The van der Waals surface area contributed by atoms with Crippen LogP contribution in [0.5, 0.6) is 5.75 Å². The van der Waals surface area contributed by atoms with Crippen molar-refractivity contribution in [2.45, 2.75) is 65.6 Å². The van der Waals surface area contributed by atoms with Gasteiger partial charge in [0.15, 0.2) is 0 Å². The van der Waals surface area contributed by atoms with Crippen LogP contribution in [0.4, 0.5) is 0 Å². The average molecular weight is 466 g/mol. The lowest BCUT2D eigenvalue weighted by molar-refractivity contribution is 0.0568. The van der Waals surface area contributed by atoms with Crippen molar-refractivity contribution in [1.29, 1.82) is 0 Å². The Hall–Kier alpha value is -2.44. The highest BCUT2D eigenvalue weighted by molar-refractivity contribution is 5.94. The molecule has 6 heteroatoms. The first-order chi connectivity index (χ1) is 16.3. The van der Waals surface area contributed by atoms with E-state index < -0.39 is 0 Å². The van der Waals surface area contributed by atoms with Crippen LogP contribution in [-0.2, 0) is 11.2 Å². The van der Waals surface area contributed by atoms with Crippen molar-refractivity contribution in [3.63, 3.8) is 0 Å². The minimum atomic E-state index is 0.119. The van der Waals surface area contributed by atoms with Gasteiger partial charge >= 0.3 is 0 Å². The SMILES string of the molecule is COCCOc1ccc([C@H](C)N2C[C@H]3C[C@@H]2CN3C(=O)c2ccc(CC(C)C)nc2)c(C)c1C. The smallest absolute Gasteiger partial charge is 0.255 e. The molecule has 3 heterocycles. The number of hydrogen-bond donors (Lipinski definition) is 0. The number of rotatable bonds is 9. The number of methoxy groups -OCH3 is 1. The van der Waals surface area contributed by atoms with Crippen LogP contribution in [0.15, 0.2) is 30.5 Å². The molecule has 4 rings (SSSR count). The summed E-state index contributed by atoms with van der Waals surface area (Å²) >= 11 is 0. The van der Waals surface area contributed by atoms with Gasteiger partial charge in [0.1, 0.15) is 12.4 Å². The van der Waals surface area contributed by atoms with Crippen molar-refractivity contribution in [3.8, 4) is 5.75 Å². The van der Waals surface area contributed by atoms with E-state index in [0.717, 1.165) is 37.4 Å². The quantitative estimate of drug-likeness (QED) is 0.508. The fraction of sp³-hybridized carbons (Fsp3) is 0.571. The van der Waals surface area contributed by atoms with Crippen LogP contribution in [0.3, 0.4) is 0 Å². The molecule has 3 atom stereocenters. The van der Waals surface area contributed by atoms with Gasteiger partial charge in [0, 0.05) is 50.2 Å². The summed E-state index contributed by atoms with van der Waals surface area (Å²) in [5.74, 6) is 1.61. The largest absolute Gasteiger partial charge is 0.491 e. The molecule has 2 saturated heterocycles. The highest BCUT2D eigenvalue weighted by atomic mass is 16.5. The summed E-state index contributed by atoms with van der Waals surface area (Å²) in [4.78, 5) is 22.4. The third-order valence-electron chi connectivity index (χ3n) is 7.50. The number of benzene rings is 1. The van der Waals surface area contributed by atoms with Crippen molar-refractivity contribution in [1.82, 2.24) is 14.8 Å². The molecule has 1 aromatic heterocycles. The molecular formula is C28H39N3O3. The zero-order valence-electron chi connectivity index (χ0n) is 21.5. The zero-order chi connectivity index (χ0) is 24.4. The minimum Gasteiger partial charge on any atom is -0.491 e. The monoisotopic (exact) mass is 465 g/mol. The number of nitrogens with zero attached hydrogens (tertiary/aromatic N) is 3. The maximum absolute atomic E-state index is 13.2. The van der Waals surface area contributed by atoms with Crippen LogP contribution < -0.4 is 4.74 Å². The number of hydrogen-bond acceptors (Lipinski definition) is 5. The molecule has 0 spiro atoms. The summed E-state index contributed by atoms with van der Waals surface area (Å²) in [5.41, 5.74) is 5.57. The van der Waals surface area contributed by atoms with Gasteiger partial charge < -0.3 is 14.4 Å². The number of aromatic nitrogens is 1. The molecule has 0 radical (unpaired) electrons. The summed E-state index contributed by atoms with van der Waals surface area (Å²) in [5, 5.41) is 0. The predicted octanol–water partition coefficient (Wildman–Crippen LogP) is 4.58. The van der Waals surface area contributed by atoms with Gasteiger partial charge in [-0.05, 0) is 74.4 Å². The fourth-order valence-electron chi connectivity index (χ4n) is 5.52. The lowest BCUT2D eigenvalue weighted by Crippen LogP contribution is -2.49. The molecule has 34 heavy (non-hydrogen) atoms. The summed E-state index contributed by atoms with van der Waals surface area (Å²) in [6.07, 6.45) is 3.74. The Kier molecular flexibility index (Phi) is 7.58. The summed E-state index contributed by atoms with van der Waals surface area (Å²) in [7, 11) is 1.69. The zero-order valence-corrected chi connectivity index (χ0v) is 21.5. The van der Waals surface area contributed by atoms with E-state index in [4.69, 9.17) is 9.47 Å². The first-order valence-electron chi connectivity index (χ1n) is 12.5. The van der Waals surface area contributed by atoms with Crippen LogP contribution >= 0.6 is 0 Å². The highest BCUT2D eigenvalue weighted by Gasteiger charge is 2.47. The second kappa shape index (κ2) is 10.4. The van der Waals surface area contributed by atoms with Crippen LogP contribution in [0, 0.1) is 19.8 Å². The minimum absolute atomic E-state index is 0.119. The average Bonchev–Trinajstić information content (AvgIpc) is 3.42. The van der Waals surface area contributed by atoms with Crippen molar-refractivity contribution < 1.29 is 14.3 Å². The molecule has 6 nitrogen and oxygen atoms in total. The third-order valence-corrected chi connectivity index (χ3v) is 7.50. The second-order valence-electron chi connectivity index (χ2n) is 10.3. The number of amides is 1. The number of fused-ring (bicyclic) bond motifs is 2. The van der Waals surface area contributed by atoms with Crippen molar-refractivity contribution in [3.05, 3.63) is 58.4 Å². The first-order valence-corrected chi connectivity index (χ1v) is 12.5. The maximum Gasteiger partial charge on any atom is 0.255 e. The van der Waals surface area contributed by atoms with E-state index in [9.17, 15) is 4.79 Å². The van der Waals surface area contributed by atoms with E-state index in [1.54, 1.807) is 13.3 Å². The summed E-state index contributed by atoms with van der Waals surface area (Å²) in [6.45, 7) is 13.8. The van der Waals surface area contributed by atoms with Gasteiger partial charge in [0.25, 0.3) is 5.91 Å². The third kappa shape index (κ3) is 4.98. The molecular weight excluding hydrogens is 426 g/mol. The van der Waals surface area contributed by atoms with Crippen LogP contribution in [0.25, 0.3) is 0 Å². The van der Waals surface area contributed by atoms with Crippen molar-refractivity contribution in [2.75, 3.05) is 33.4 Å². The van der Waals surface area contributed by atoms with Gasteiger partial charge in [0.2, 0.25) is 0 Å². The molecule has 184 valence electrons. The van der Waals surface area contributed by atoms with Crippen LogP contribution in [0.1, 0.15) is 66.0 Å². The highest BCUT2D eigenvalue weighted by Crippen LogP contribution is 2.39. The van der Waals surface area contributed by atoms with Gasteiger partial charge in [-0.15, -0.1) is 0 Å². The van der Waals surface area contributed by atoms with E-state index in [1.807, 2.05) is 12.1 Å². The lowest BCUT2D eigenvalue weighted by atomic mass is 9.96. The van der Waals surface area contributed by atoms with Gasteiger partial charge in [-0.2, -0.15) is 0 Å². The lowest BCUT2D eigenvalue weighted by Gasteiger charge is -2.38. The van der Waals surface area contributed by atoms with Gasteiger partial charge in [0.05, 0.1) is 12.2 Å². The fourth-order valence-corrected chi connectivity index (χ4v) is 5.52. The molecule has 2 fully saturated rings. The van der Waals surface area contributed by atoms with Gasteiger partial charge in [-0.3, -0.25) is 14.7 Å². The topological polar surface area (TPSA) is 54.9 Å². The number of piperazine rings is 1. The Balaban J connectivity index is 1.40. The summed E-state index contributed by atoms with van der Waals surface area (Å²) < 4.78 is 11.0. The molecule has 2 bridgehead atoms. The van der Waals surface area contributed by atoms with Crippen molar-refractivity contribution in [2.24, 2.45) is 5.92 Å². The van der Waals surface area contributed by atoms with Crippen LogP contribution in [-0.4, -0.2) is 66.2 Å². The Bertz CT molecular complexity index is 1000.